The van der Waals surface area contributed by atoms with Crippen LogP contribution in [0.25, 0.3) is 32.7 Å². The maximum Gasteiger partial charge on any atom is 0.0492 e. The quantitative estimate of drug-likeness (QED) is 0.300. The van der Waals surface area contributed by atoms with Crippen molar-refractivity contribution in [3.63, 3.8) is 0 Å². The highest BCUT2D eigenvalue weighted by Gasteiger charge is 2.16. The van der Waals surface area contributed by atoms with Crippen molar-refractivity contribution in [3.05, 3.63) is 109 Å². The van der Waals surface area contributed by atoms with Crippen LogP contribution in [0, 0.1) is 0 Å². The molecule has 0 fully saturated rings. The molecule has 5 rings (SSSR count). The number of hydrogen-bond acceptors (Lipinski definition) is 1. The third kappa shape index (κ3) is 3.23. The number of fused-ring (bicyclic) bond motifs is 2. The molecule has 0 aliphatic rings. The average Bonchev–Trinajstić information content (AvgIpc) is 2.79. The van der Waals surface area contributed by atoms with Crippen LogP contribution in [-0.4, -0.2) is 6.04 Å². The minimum absolute atomic E-state index is 0.332. The lowest BCUT2D eigenvalue weighted by molar-refractivity contribution is 0.791. The highest BCUT2D eigenvalue weighted by Crippen LogP contribution is 2.37. The van der Waals surface area contributed by atoms with Crippen molar-refractivity contribution in [2.24, 2.45) is 0 Å². The van der Waals surface area contributed by atoms with Gasteiger partial charge in [0.05, 0.1) is 0 Å². The second-order valence-electron chi connectivity index (χ2n) is 8.04. The molecule has 0 aromatic heterocycles. The number of benzene rings is 5. The van der Waals surface area contributed by atoms with E-state index in [0.717, 1.165) is 0 Å². The summed E-state index contributed by atoms with van der Waals surface area (Å²) in [6.45, 7) is 4.51. The van der Waals surface area contributed by atoms with Crippen LogP contribution < -0.4 is 4.90 Å². The van der Waals surface area contributed by atoms with Crippen molar-refractivity contribution in [1.29, 1.82) is 0 Å². The first-order valence-electron chi connectivity index (χ1n) is 10.6. The molecule has 0 spiro atoms. The Morgan fingerprint density at radius 1 is 0.567 bits per heavy atom. The summed E-state index contributed by atoms with van der Waals surface area (Å²) in [5, 5.41) is 5.11. The first-order valence-corrected chi connectivity index (χ1v) is 10.6. The molecular formula is C29H25N. The zero-order chi connectivity index (χ0) is 20.5. The van der Waals surface area contributed by atoms with E-state index < -0.39 is 0 Å². The fraction of sp³-hybridized carbons (Fsp3) is 0.103. The number of anilines is 2. The van der Waals surface area contributed by atoms with E-state index in [4.69, 9.17) is 0 Å². The SMILES string of the molecule is CC(C)N(c1cccc(-c2cccc3ccccc23)c1)c1cccc2ccccc12. The van der Waals surface area contributed by atoms with E-state index in [1.54, 1.807) is 0 Å². The van der Waals surface area contributed by atoms with Gasteiger partial charge in [0, 0.05) is 22.8 Å². The maximum atomic E-state index is 2.44. The summed E-state index contributed by atoms with van der Waals surface area (Å²) < 4.78 is 0. The van der Waals surface area contributed by atoms with Crippen molar-refractivity contribution in [1.82, 2.24) is 0 Å². The Bertz CT molecular complexity index is 1320. The van der Waals surface area contributed by atoms with Gasteiger partial charge in [-0.3, -0.25) is 0 Å². The summed E-state index contributed by atoms with van der Waals surface area (Å²) >= 11 is 0. The third-order valence-electron chi connectivity index (χ3n) is 5.77. The highest BCUT2D eigenvalue weighted by molar-refractivity contribution is 5.99. The molecule has 0 aliphatic heterocycles. The van der Waals surface area contributed by atoms with Gasteiger partial charge in [0.15, 0.2) is 0 Å². The van der Waals surface area contributed by atoms with Crippen LogP contribution in [0.4, 0.5) is 11.4 Å². The summed E-state index contributed by atoms with van der Waals surface area (Å²) in [6, 6.07) is 39.6. The Morgan fingerprint density at radius 2 is 1.17 bits per heavy atom. The van der Waals surface area contributed by atoms with Crippen molar-refractivity contribution in [3.8, 4) is 11.1 Å². The minimum Gasteiger partial charge on any atom is -0.338 e. The van der Waals surface area contributed by atoms with E-state index in [0.29, 0.717) is 6.04 Å². The van der Waals surface area contributed by atoms with E-state index in [-0.39, 0.29) is 0 Å². The molecule has 1 heteroatoms. The second kappa shape index (κ2) is 7.68. The smallest absolute Gasteiger partial charge is 0.0492 e. The van der Waals surface area contributed by atoms with Crippen LogP contribution in [0.1, 0.15) is 13.8 Å². The first-order chi connectivity index (χ1) is 14.7. The van der Waals surface area contributed by atoms with Gasteiger partial charge in [-0.25, -0.2) is 0 Å². The zero-order valence-corrected chi connectivity index (χ0v) is 17.4. The molecule has 0 amide bonds. The summed E-state index contributed by atoms with van der Waals surface area (Å²) in [4.78, 5) is 2.44. The predicted molar refractivity (Wildman–Crippen MR) is 131 cm³/mol. The fourth-order valence-corrected chi connectivity index (χ4v) is 4.43. The van der Waals surface area contributed by atoms with Gasteiger partial charge >= 0.3 is 0 Å². The Hall–Kier alpha value is -3.58. The van der Waals surface area contributed by atoms with Gasteiger partial charge in [0.1, 0.15) is 0 Å². The molecule has 0 bridgehead atoms. The molecule has 5 aromatic rings. The Kier molecular flexibility index (Phi) is 4.72. The largest absolute Gasteiger partial charge is 0.338 e. The molecule has 0 atom stereocenters. The molecule has 0 saturated heterocycles. The lowest BCUT2D eigenvalue weighted by Crippen LogP contribution is -2.25. The molecule has 0 heterocycles. The van der Waals surface area contributed by atoms with E-state index in [1.165, 1.54) is 44.0 Å². The van der Waals surface area contributed by atoms with Crippen LogP contribution in [0.15, 0.2) is 109 Å². The Labute approximate surface area is 178 Å². The molecule has 5 aromatic carbocycles. The second-order valence-corrected chi connectivity index (χ2v) is 8.04. The van der Waals surface area contributed by atoms with Gasteiger partial charge in [0.25, 0.3) is 0 Å². The van der Waals surface area contributed by atoms with Gasteiger partial charge in [-0.15, -0.1) is 0 Å². The van der Waals surface area contributed by atoms with Gasteiger partial charge in [-0.1, -0.05) is 91.0 Å². The molecule has 0 N–H and O–H groups in total. The van der Waals surface area contributed by atoms with E-state index in [9.17, 15) is 0 Å². The number of hydrogen-bond donors (Lipinski definition) is 0. The monoisotopic (exact) mass is 387 g/mol. The van der Waals surface area contributed by atoms with Crippen LogP contribution in [0.2, 0.25) is 0 Å². The van der Waals surface area contributed by atoms with Gasteiger partial charge < -0.3 is 4.90 Å². The minimum atomic E-state index is 0.332. The molecular weight excluding hydrogens is 362 g/mol. The lowest BCUT2D eigenvalue weighted by atomic mass is 9.97. The number of rotatable bonds is 4. The summed E-state index contributed by atoms with van der Waals surface area (Å²) in [5.41, 5.74) is 4.98. The van der Waals surface area contributed by atoms with Gasteiger partial charge in [0.2, 0.25) is 0 Å². The summed E-state index contributed by atoms with van der Waals surface area (Å²) in [6.07, 6.45) is 0. The van der Waals surface area contributed by atoms with Crippen LogP contribution in [-0.2, 0) is 0 Å². The lowest BCUT2D eigenvalue weighted by Gasteiger charge is -2.31. The third-order valence-corrected chi connectivity index (χ3v) is 5.77. The first kappa shape index (κ1) is 18.4. The molecule has 30 heavy (non-hydrogen) atoms. The topological polar surface area (TPSA) is 3.24 Å². The Morgan fingerprint density at radius 3 is 1.93 bits per heavy atom. The van der Waals surface area contributed by atoms with Crippen LogP contribution >= 0.6 is 0 Å². The molecule has 0 saturated carbocycles. The van der Waals surface area contributed by atoms with Crippen LogP contribution in [0.5, 0.6) is 0 Å². The highest BCUT2D eigenvalue weighted by atomic mass is 15.2. The predicted octanol–water partition coefficient (Wildman–Crippen LogP) is 8.21. The van der Waals surface area contributed by atoms with Crippen molar-refractivity contribution in [2.45, 2.75) is 19.9 Å². The summed E-state index contributed by atoms with van der Waals surface area (Å²) in [5.74, 6) is 0. The maximum absolute atomic E-state index is 2.44. The number of nitrogens with zero attached hydrogens (tertiary/aromatic N) is 1. The normalized spacial score (nSPS) is 11.3. The van der Waals surface area contributed by atoms with E-state index in [2.05, 4.69) is 128 Å². The molecule has 1 nitrogen and oxygen atoms in total. The van der Waals surface area contributed by atoms with Crippen LogP contribution in [0.3, 0.4) is 0 Å². The molecule has 146 valence electrons. The van der Waals surface area contributed by atoms with Crippen molar-refractivity contribution >= 4 is 32.9 Å². The molecule has 0 aliphatic carbocycles. The van der Waals surface area contributed by atoms with Gasteiger partial charge in [-0.05, 0) is 59.3 Å². The zero-order valence-electron chi connectivity index (χ0n) is 17.4. The standard InChI is InChI=1S/C29H25N/c1-21(2)30(29-19-9-13-23-11-4-6-17-28(23)29)25-15-7-14-24(20-25)27-18-8-12-22-10-3-5-16-26(22)27/h3-21H,1-2H3. The molecule has 0 radical (unpaired) electrons. The van der Waals surface area contributed by atoms with Crippen molar-refractivity contribution < 1.29 is 0 Å². The Balaban J connectivity index is 1.68. The fourth-order valence-electron chi connectivity index (χ4n) is 4.43. The van der Waals surface area contributed by atoms with E-state index >= 15 is 0 Å². The van der Waals surface area contributed by atoms with Gasteiger partial charge in [-0.2, -0.15) is 0 Å². The average molecular weight is 388 g/mol. The van der Waals surface area contributed by atoms with E-state index in [1.807, 2.05) is 0 Å². The summed E-state index contributed by atoms with van der Waals surface area (Å²) in [7, 11) is 0. The van der Waals surface area contributed by atoms with Crippen molar-refractivity contribution in [2.75, 3.05) is 4.90 Å². The molecule has 0 unspecified atom stereocenters.